The average molecular weight is 358 g/mol. The van der Waals surface area contributed by atoms with Gasteiger partial charge in [-0.1, -0.05) is 25.0 Å². The molecule has 5 heteroatoms. The van der Waals surface area contributed by atoms with E-state index in [0.717, 1.165) is 36.3 Å². The summed E-state index contributed by atoms with van der Waals surface area (Å²) in [5.41, 5.74) is 2.20. The Morgan fingerprint density at radius 2 is 2.19 bits per heavy atom. The van der Waals surface area contributed by atoms with Crippen molar-refractivity contribution in [2.75, 3.05) is 13.2 Å². The predicted molar refractivity (Wildman–Crippen MR) is 100 cm³/mol. The van der Waals surface area contributed by atoms with Gasteiger partial charge in [-0.2, -0.15) is 0 Å². The van der Waals surface area contributed by atoms with Crippen LogP contribution in [0.3, 0.4) is 0 Å². The summed E-state index contributed by atoms with van der Waals surface area (Å²) in [4.78, 5) is 12.7. The maximum absolute atomic E-state index is 12.7. The highest BCUT2D eigenvalue weighted by atomic mass is 16.5. The van der Waals surface area contributed by atoms with E-state index in [2.05, 4.69) is 35.8 Å². The molecule has 2 saturated heterocycles. The molecule has 142 valence electrons. The van der Waals surface area contributed by atoms with Crippen LogP contribution in [0.5, 0.6) is 5.75 Å². The normalized spacial score (nSPS) is 30.8. The zero-order valence-electron chi connectivity index (χ0n) is 15.6. The molecule has 1 aromatic rings. The Bertz CT molecular complexity index is 628. The van der Waals surface area contributed by atoms with Crippen LogP contribution in [0.1, 0.15) is 49.7 Å². The Morgan fingerprint density at radius 3 is 3.00 bits per heavy atom. The van der Waals surface area contributed by atoms with Crippen LogP contribution in [0.15, 0.2) is 18.2 Å². The van der Waals surface area contributed by atoms with Crippen molar-refractivity contribution in [3.05, 3.63) is 29.3 Å². The number of aryl methyl sites for hydroxylation is 1. The largest absolute Gasteiger partial charge is 0.488 e. The maximum Gasteiger partial charge on any atom is 0.237 e. The molecule has 0 aromatic heterocycles. The number of hydrogen-bond donors (Lipinski definition) is 2. The van der Waals surface area contributed by atoms with E-state index < -0.39 is 0 Å². The molecular weight excluding hydrogens is 328 g/mol. The second-order valence-electron chi connectivity index (χ2n) is 8.04. The summed E-state index contributed by atoms with van der Waals surface area (Å²) in [5.74, 6) is 1.67. The molecule has 1 aromatic carbocycles. The van der Waals surface area contributed by atoms with Gasteiger partial charge >= 0.3 is 0 Å². The number of carbonyl (C=O) groups is 1. The predicted octanol–water partition coefficient (Wildman–Crippen LogP) is 2.70. The molecule has 4 rings (SSSR count). The van der Waals surface area contributed by atoms with E-state index in [1.165, 1.54) is 25.7 Å². The first-order valence-corrected chi connectivity index (χ1v) is 10.1. The lowest BCUT2D eigenvalue weighted by Crippen LogP contribution is -2.42. The second kappa shape index (κ2) is 7.97. The fraction of sp³-hybridized carbons (Fsp3) is 0.667. The highest BCUT2D eigenvalue weighted by Gasteiger charge is 2.38. The molecule has 26 heavy (non-hydrogen) atoms. The smallest absolute Gasteiger partial charge is 0.237 e. The van der Waals surface area contributed by atoms with Gasteiger partial charge in [-0.25, -0.2) is 0 Å². The van der Waals surface area contributed by atoms with Crippen LogP contribution in [0.4, 0.5) is 0 Å². The number of ether oxygens (including phenoxy) is 2. The summed E-state index contributed by atoms with van der Waals surface area (Å²) in [5, 5.41) is 6.67. The summed E-state index contributed by atoms with van der Waals surface area (Å²) < 4.78 is 11.5. The first-order chi connectivity index (χ1) is 12.7. The van der Waals surface area contributed by atoms with Gasteiger partial charge in [0, 0.05) is 24.6 Å². The summed E-state index contributed by atoms with van der Waals surface area (Å²) in [6, 6.07) is 6.69. The van der Waals surface area contributed by atoms with Crippen molar-refractivity contribution >= 4 is 5.91 Å². The van der Waals surface area contributed by atoms with Gasteiger partial charge in [0.05, 0.1) is 19.3 Å². The summed E-state index contributed by atoms with van der Waals surface area (Å²) >= 11 is 0. The molecule has 1 saturated carbocycles. The van der Waals surface area contributed by atoms with Crippen molar-refractivity contribution < 1.29 is 14.3 Å². The first kappa shape index (κ1) is 17.8. The molecule has 0 bridgehead atoms. The quantitative estimate of drug-likeness (QED) is 0.850. The van der Waals surface area contributed by atoms with Gasteiger partial charge in [0.15, 0.2) is 0 Å². The Kier molecular flexibility index (Phi) is 5.46. The van der Waals surface area contributed by atoms with Crippen molar-refractivity contribution in [1.82, 2.24) is 10.6 Å². The van der Waals surface area contributed by atoms with Gasteiger partial charge in [0.25, 0.3) is 0 Å². The number of hydrogen-bond acceptors (Lipinski definition) is 4. The highest BCUT2D eigenvalue weighted by Crippen LogP contribution is 2.33. The standard InChI is InChI=1S/C21H30N2O3/c1-14-6-7-16(20(10-14)26-17-8-9-25-13-17)12-22-21(24)19-11-15-4-2-3-5-18(15)23-19/h6-7,10,15,17-19,23H,2-5,8-9,11-13H2,1H3,(H,22,24). The molecule has 2 heterocycles. The third-order valence-corrected chi connectivity index (χ3v) is 6.04. The van der Waals surface area contributed by atoms with E-state index in [4.69, 9.17) is 9.47 Å². The molecule has 3 aliphatic rings. The van der Waals surface area contributed by atoms with Gasteiger partial charge in [-0.3, -0.25) is 4.79 Å². The maximum atomic E-state index is 12.7. The van der Waals surface area contributed by atoms with E-state index in [-0.39, 0.29) is 18.1 Å². The molecule has 2 N–H and O–H groups in total. The van der Waals surface area contributed by atoms with Crippen molar-refractivity contribution in [3.8, 4) is 5.75 Å². The number of carbonyl (C=O) groups excluding carboxylic acids is 1. The van der Waals surface area contributed by atoms with E-state index in [1.54, 1.807) is 0 Å². The van der Waals surface area contributed by atoms with E-state index in [0.29, 0.717) is 25.1 Å². The lowest BCUT2D eigenvalue weighted by molar-refractivity contribution is -0.123. The van der Waals surface area contributed by atoms with Crippen LogP contribution in [0, 0.1) is 12.8 Å². The number of benzene rings is 1. The first-order valence-electron chi connectivity index (χ1n) is 10.1. The van der Waals surface area contributed by atoms with Crippen LogP contribution >= 0.6 is 0 Å². The van der Waals surface area contributed by atoms with E-state index >= 15 is 0 Å². The summed E-state index contributed by atoms with van der Waals surface area (Å²) in [7, 11) is 0. The minimum atomic E-state index is -0.0406. The van der Waals surface area contributed by atoms with Gasteiger partial charge in [-0.15, -0.1) is 0 Å². The molecule has 1 amide bonds. The van der Waals surface area contributed by atoms with E-state index in [9.17, 15) is 4.79 Å². The molecule has 1 aliphatic carbocycles. The third-order valence-electron chi connectivity index (χ3n) is 6.04. The molecule has 0 spiro atoms. The molecule has 5 nitrogen and oxygen atoms in total. The lowest BCUT2D eigenvalue weighted by atomic mass is 9.85. The molecule has 3 fully saturated rings. The fourth-order valence-electron chi connectivity index (χ4n) is 4.53. The van der Waals surface area contributed by atoms with Crippen LogP contribution < -0.4 is 15.4 Å². The Balaban J connectivity index is 1.35. The molecule has 0 radical (unpaired) electrons. The Morgan fingerprint density at radius 1 is 1.31 bits per heavy atom. The van der Waals surface area contributed by atoms with Crippen LogP contribution in [-0.2, 0) is 16.1 Å². The van der Waals surface area contributed by atoms with Crippen molar-refractivity contribution in [1.29, 1.82) is 0 Å². The highest BCUT2D eigenvalue weighted by molar-refractivity contribution is 5.82. The van der Waals surface area contributed by atoms with Gasteiger partial charge < -0.3 is 20.1 Å². The number of fused-ring (bicyclic) bond motifs is 1. The summed E-state index contributed by atoms with van der Waals surface area (Å²) in [6.07, 6.45) is 7.10. The van der Waals surface area contributed by atoms with Gasteiger partial charge in [-0.05, 0) is 43.7 Å². The minimum Gasteiger partial charge on any atom is -0.488 e. The van der Waals surface area contributed by atoms with Crippen molar-refractivity contribution in [2.45, 2.75) is 70.2 Å². The van der Waals surface area contributed by atoms with Gasteiger partial charge in [0.2, 0.25) is 5.91 Å². The minimum absolute atomic E-state index is 0.0406. The van der Waals surface area contributed by atoms with Gasteiger partial charge in [0.1, 0.15) is 11.9 Å². The molecule has 4 unspecified atom stereocenters. The Hall–Kier alpha value is -1.59. The van der Waals surface area contributed by atoms with E-state index in [1.807, 2.05) is 0 Å². The number of amides is 1. The van der Waals surface area contributed by atoms with Crippen LogP contribution in [-0.4, -0.2) is 37.3 Å². The third kappa shape index (κ3) is 4.04. The monoisotopic (exact) mass is 358 g/mol. The lowest BCUT2D eigenvalue weighted by Gasteiger charge is -2.24. The topological polar surface area (TPSA) is 59.6 Å². The fourth-order valence-corrected chi connectivity index (χ4v) is 4.53. The second-order valence-corrected chi connectivity index (χ2v) is 8.04. The number of nitrogens with one attached hydrogen (secondary N) is 2. The Labute approximate surface area is 155 Å². The zero-order chi connectivity index (χ0) is 17.9. The molecular formula is C21H30N2O3. The summed E-state index contributed by atoms with van der Waals surface area (Å²) in [6.45, 7) is 3.98. The van der Waals surface area contributed by atoms with Crippen molar-refractivity contribution in [2.24, 2.45) is 5.92 Å². The van der Waals surface area contributed by atoms with Crippen LogP contribution in [0.2, 0.25) is 0 Å². The molecule has 2 aliphatic heterocycles. The number of rotatable bonds is 5. The SMILES string of the molecule is Cc1ccc(CNC(=O)C2CC3CCCCC3N2)c(OC2CCOC2)c1. The zero-order valence-corrected chi connectivity index (χ0v) is 15.6. The van der Waals surface area contributed by atoms with Crippen LogP contribution in [0.25, 0.3) is 0 Å². The molecule has 4 atom stereocenters. The van der Waals surface area contributed by atoms with Crippen molar-refractivity contribution in [3.63, 3.8) is 0 Å². The average Bonchev–Trinajstić information content (AvgIpc) is 3.30.